The molecule has 1 unspecified atom stereocenters. The molecule has 17 heavy (non-hydrogen) atoms. The van der Waals surface area contributed by atoms with Gasteiger partial charge in [-0.05, 0) is 17.9 Å². The Morgan fingerprint density at radius 1 is 1.59 bits per heavy atom. The highest BCUT2D eigenvalue weighted by Crippen LogP contribution is 2.45. The first-order valence-electron chi connectivity index (χ1n) is 5.16. The summed E-state index contributed by atoms with van der Waals surface area (Å²) in [6.45, 7) is 3.94. The fourth-order valence-corrected chi connectivity index (χ4v) is 2.98. The van der Waals surface area contributed by atoms with Gasteiger partial charge in [-0.25, -0.2) is 17.9 Å². The second kappa shape index (κ2) is 3.58. The predicted octanol–water partition coefficient (Wildman–Crippen LogP) is 0.790. The molecule has 6 nitrogen and oxygen atoms in total. The standard InChI is InChI=1S/C10H14N2O4S/c1-10(2)4-8(10)12-17(15,16)6-3-7(9(13)14)11-5-6/h3,5,8,11-12H,4H2,1-2H3,(H,13,14). The van der Waals surface area contributed by atoms with Crippen LogP contribution in [0.2, 0.25) is 0 Å². The Morgan fingerprint density at radius 3 is 2.59 bits per heavy atom. The second-order valence-corrected chi connectivity index (χ2v) is 6.63. The molecule has 1 saturated carbocycles. The van der Waals surface area contributed by atoms with Crippen LogP contribution in [0.25, 0.3) is 0 Å². The lowest BCUT2D eigenvalue weighted by atomic mass is 10.2. The molecule has 0 amide bonds. The largest absolute Gasteiger partial charge is 0.477 e. The number of carboxylic acid groups (broad SMARTS) is 1. The summed E-state index contributed by atoms with van der Waals surface area (Å²) in [4.78, 5) is 13.0. The molecule has 0 aromatic carbocycles. The van der Waals surface area contributed by atoms with Crippen LogP contribution in [0.4, 0.5) is 0 Å². The van der Waals surface area contributed by atoms with Crippen LogP contribution in [0.5, 0.6) is 0 Å². The summed E-state index contributed by atoms with van der Waals surface area (Å²) in [5.41, 5.74) is -0.153. The maximum Gasteiger partial charge on any atom is 0.352 e. The van der Waals surface area contributed by atoms with E-state index in [0.29, 0.717) is 0 Å². The fourth-order valence-electron chi connectivity index (χ4n) is 1.58. The summed E-state index contributed by atoms with van der Waals surface area (Å²) in [6.07, 6.45) is 1.98. The van der Waals surface area contributed by atoms with Crippen LogP contribution >= 0.6 is 0 Å². The Bertz CT molecular complexity index is 559. The Kier molecular flexibility index (Phi) is 2.55. The van der Waals surface area contributed by atoms with E-state index < -0.39 is 16.0 Å². The molecule has 0 aliphatic heterocycles. The minimum atomic E-state index is -3.63. The van der Waals surface area contributed by atoms with E-state index in [1.54, 1.807) is 0 Å². The van der Waals surface area contributed by atoms with Crippen LogP contribution in [-0.2, 0) is 10.0 Å². The van der Waals surface area contributed by atoms with Crippen LogP contribution in [-0.4, -0.2) is 30.5 Å². The van der Waals surface area contributed by atoms with Gasteiger partial charge in [-0.15, -0.1) is 0 Å². The van der Waals surface area contributed by atoms with Gasteiger partial charge in [0.25, 0.3) is 0 Å². The summed E-state index contributed by atoms with van der Waals surface area (Å²) >= 11 is 0. The summed E-state index contributed by atoms with van der Waals surface area (Å²) in [5, 5.41) is 8.69. The van der Waals surface area contributed by atoms with Crippen LogP contribution in [0.3, 0.4) is 0 Å². The van der Waals surface area contributed by atoms with Gasteiger partial charge >= 0.3 is 5.97 Å². The van der Waals surface area contributed by atoms with E-state index in [2.05, 4.69) is 9.71 Å². The molecular formula is C10H14N2O4S. The topological polar surface area (TPSA) is 99.3 Å². The van der Waals surface area contributed by atoms with Gasteiger partial charge in [-0.1, -0.05) is 13.8 Å². The molecule has 94 valence electrons. The van der Waals surface area contributed by atoms with E-state index in [1.165, 1.54) is 6.20 Å². The molecular weight excluding hydrogens is 244 g/mol. The SMILES string of the molecule is CC1(C)CC1NS(=O)(=O)c1c[nH]c(C(=O)O)c1. The first kappa shape index (κ1) is 12.1. The van der Waals surface area contributed by atoms with Crippen molar-refractivity contribution in [2.75, 3.05) is 0 Å². The lowest BCUT2D eigenvalue weighted by Crippen LogP contribution is -2.28. The average Bonchev–Trinajstić information content (AvgIpc) is 2.68. The number of rotatable bonds is 4. The molecule has 0 saturated heterocycles. The van der Waals surface area contributed by atoms with Crippen molar-refractivity contribution in [2.45, 2.75) is 31.2 Å². The lowest BCUT2D eigenvalue weighted by molar-refractivity contribution is 0.0691. The predicted molar refractivity (Wildman–Crippen MR) is 60.3 cm³/mol. The molecule has 2 rings (SSSR count). The zero-order valence-electron chi connectivity index (χ0n) is 9.52. The molecule has 7 heteroatoms. The molecule has 1 atom stereocenters. The molecule has 1 aliphatic carbocycles. The van der Waals surface area contributed by atoms with Gasteiger partial charge in [0.15, 0.2) is 0 Å². The molecule has 0 radical (unpaired) electrons. The summed E-state index contributed by atoms with van der Waals surface area (Å²) < 4.78 is 26.3. The number of sulfonamides is 1. The monoisotopic (exact) mass is 258 g/mol. The van der Waals surface area contributed by atoms with Crippen molar-refractivity contribution in [3.63, 3.8) is 0 Å². The molecule has 0 bridgehead atoms. The van der Waals surface area contributed by atoms with Crippen LogP contribution in [0.15, 0.2) is 17.2 Å². The number of carbonyl (C=O) groups is 1. The Labute approximate surface area is 99.1 Å². The summed E-state index contributed by atoms with van der Waals surface area (Å²) in [7, 11) is -3.63. The fraction of sp³-hybridized carbons (Fsp3) is 0.500. The van der Waals surface area contributed by atoms with Crippen molar-refractivity contribution in [1.82, 2.24) is 9.71 Å². The smallest absolute Gasteiger partial charge is 0.352 e. The van der Waals surface area contributed by atoms with Gasteiger partial charge in [0.1, 0.15) is 10.6 Å². The molecule has 0 spiro atoms. The van der Waals surface area contributed by atoms with Crippen molar-refractivity contribution in [1.29, 1.82) is 0 Å². The number of hydrogen-bond acceptors (Lipinski definition) is 3. The van der Waals surface area contributed by atoms with E-state index in [4.69, 9.17) is 5.11 Å². The van der Waals surface area contributed by atoms with Gasteiger partial charge in [0, 0.05) is 12.2 Å². The first-order valence-corrected chi connectivity index (χ1v) is 6.65. The third kappa shape index (κ3) is 2.34. The van der Waals surface area contributed by atoms with E-state index in [-0.39, 0.29) is 22.0 Å². The van der Waals surface area contributed by atoms with Gasteiger partial charge in [-0.3, -0.25) is 0 Å². The molecule has 1 aromatic heterocycles. The highest BCUT2D eigenvalue weighted by atomic mass is 32.2. The zero-order valence-corrected chi connectivity index (χ0v) is 10.3. The number of H-pyrrole nitrogens is 1. The molecule has 1 heterocycles. The van der Waals surface area contributed by atoms with Gasteiger partial charge < -0.3 is 10.1 Å². The number of carboxylic acids is 1. The van der Waals surface area contributed by atoms with Gasteiger partial charge in [-0.2, -0.15) is 0 Å². The minimum Gasteiger partial charge on any atom is -0.477 e. The lowest BCUT2D eigenvalue weighted by Gasteiger charge is -2.05. The number of aromatic carboxylic acids is 1. The highest BCUT2D eigenvalue weighted by Gasteiger charge is 2.47. The van der Waals surface area contributed by atoms with E-state index in [9.17, 15) is 13.2 Å². The van der Waals surface area contributed by atoms with E-state index in [0.717, 1.165) is 12.5 Å². The van der Waals surface area contributed by atoms with Crippen LogP contribution in [0.1, 0.15) is 30.8 Å². The number of aromatic nitrogens is 1. The summed E-state index contributed by atoms with van der Waals surface area (Å²) in [5.74, 6) is -1.18. The third-order valence-corrected chi connectivity index (χ3v) is 4.46. The van der Waals surface area contributed by atoms with Crippen LogP contribution in [0, 0.1) is 5.41 Å². The van der Waals surface area contributed by atoms with Crippen molar-refractivity contribution in [2.24, 2.45) is 5.41 Å². The average molecular weight is 258 g/mol. The Hall–Kier alpha value is -1.34. The second-order valence-electron chi connectivity index (χ2n) is 4.92. The maximum atomic E-state index is 11.9. The zero-order chi connectivity index (χ0) is 12.8. The van der Waals surface area contributed by atoms with Crippen molar-refractivity contribution >= 4 is 16.0 Å². The maximum absolute atomic E-state index is 11.9. The molecule has 1 aliphatic rings. The quantitative estimate of drug-likeness (QED) is 0.743. The van der Waals surface area contributed by atoms with E-state index in [1.807, 2.05) is 13.8 Å². The first-order chi connectivity index (χ1) is 7.72. The van der Waals surface area contributed by atoms with Crippen molar-refractivity contribution < 1.29 is 18.3 Å². The normalized spacial score (nSPS) is 22.4. The van der Waals surface area contributed by atoms with Gasteiger partial charge in [0.05, 0.1) is 0 Å². The number of aromatic amines is 1. The van der Waals surface area contributed by atoms with Crippen molar-refractivity contribution in [3.8, 4) is 0 Å². The Morgan fingerprint density at radius 2 is 2.18 bits per heavy atom. The van der Waals surface area contributed by atoms with Gasteiger partial charge in [0.2, 0.25) is 10.0 Å². The molecule has 1 aromatic rings. The van der Waals surface area contributed by atoms with E-state index >= 15 is 0 Å². The summed E-state index contributed by atoms with van der Waals surface area (Å²) in [6, 6.07) is 1.04. The molecule has 3 N–H and O–H groups in total. The van der Waals surface area contributed by atoms with Crippen LogP contribution < -0.4 is 4.72 Å². The third-order valence-electron chi connectivity index (χ3n) is 3.01. The van der Waals surface area contributed by atoms with Crippen molar-refractivity contribution in [3.05, 3.63) is 18.0 Å². The minimum absolute atomic E-state index is 0.0149. The Balaban J connectivity index is 2.17. The molecule has 1 fully saturated rings. The number of nitrogens with one attached hydrogen (secondary N) is 2. The highest BCUT2D eigenvalue weighted by molar-refractivity contribution is 7.89. The number of hydrogen-bond donors (Lipinski definition) is 3.